The first-order chi connectivity index (χ1) is 41.3. The standard InChI is InChI=1S/C32H30N6O4.C27H21N5O4.C5H11NO.2CH4/c1-16-27(17(2)42-38-16)24-14-25-23(15-26(24)40-4)28-30(34-18(3)35-31(28)37-25)21-7-8-22(29-20(21)6-5-11-33-29)32(39)36-19-9-12-41-13-10-19;1-13-23(14(2)36-32-13)19-10-20-18(11-22(19)34-4)24-26(29-15(3)30-27(24)31-20)17-7-8-21(35-12-33)25-16(17)6-5-9-28-25;6-5-1-3-7-4-2-5;;/h5-8,11,14-15,19H,9-10,12-13H2,1-4H3,(H,36,39)(H,34,35,37);5-12H,1-4H3,(H,29,30,31);5H,1-4,6H2;2*1H4. The topological polar surface area (TPSA) is 279 Å². The molecular weight excluding hydrogens is 1100 g/mol. The highest BCUT2D eigenvalue weighted by atomic mass is 16.5. The molecule has 2 saturated heterocycles. The summed E-state index contributed by atoms with van der Waals surface area (Å²) in [4.78, 5) is 59.6. The third kappa shape index (κ3) is 11.5. The second-order valence-electron chi connectivity index (χ2n) is 21.1. The molecule has 10 heterocycles. The van der Waals surface area contributed by atoms with Crippen LogP contribution in [0.1, 0.15) is 85.5 Å². The Labute approximate surface area is 501 Å². The number of aromatic nitrogens is 10. The molecule has 0 unspecified atom stereocenters. The molecule has 2 aliphatic heterocycles. The first-order valence-corrected chi connectivity index (χ1v) is 28.0. The molecule has 12 aromatic rings. The molecule has 1 amide bonds. The van der Waals surface area contributed by atoms with E-state index in [0.717, 1.165) is 144 Å². The van der Waals surface area contributed by atoms with Crippen molar-refractivity contribution in [3.05, 3.63) is 125 Å². The van der Waals surface area contributed by atoms with Crippen molar-refractivity contribution in [3.63, 3.8) is 0 Å². The van der Waals surface area contributed by atoms with E-state index >= 15 is 0 Å². The van der Waals surface area contributed by atoms with Crippen molar-refractivity contribution in [1.82, 2.24) is 55.5 Å². The average molecular weight is 1180 g/mol. The number of nitrogens with zero attached hydrogens (tertiary/aromatic N) is 8. The molecule has 87 heavy (non-hydrogen) atoms. The Morgan fingerprint density at radius 2 is 1.08 bits per heavy atom. The van der Waals surface area contributed by atoms with Crippen molar-refractivity contribution >= 4 is 78.1 Å². The molecule has 14 rings (SSSR count). The maximum atomic E-state index is 13.4. The van der Waals surface area contributed by atoms with Gasteiger partial charge in [-0.15, -0.1) is 0 Å². The lowest BCUT2D eigenvalue weighted by atomic mass is 9.97. The lowest BCUT2D eigenvalue weighted by Crippen LogP contribution is -2.39. The zero-order chi connectivity index (χ0) is 59.0. The Morgan fingerprint density at radius 3 is 1.54 bits per heavy atom. The highest BCUT2D eigenvalue weighted by molar-refractivity contribution is 6.18. The van der Waals surface area contributed by atoms with Crippen molar-refractivity contribution in [1.29, 1.82) is 0 Å². The van der Waals surface area contributed by atoms with Gasteiger partial charge in [-0.1, -0.05) is 43.4 Å². The summed E-state index contributed by atoms with van der Waals surface area (Å²) in [5, 5.41) is 16.6. The number of carbonyl (C=O) groups excluding carboxylic acids is 2. The second kappa shape index (κ2) is 25.5. The molecule has 0 radical (unpaired) electrons. The van der Waals surface area contributed by atoms with Crippen LogP contribution < -0.4 is 25.3 Å². The predicted octanol–water partition coefficient (Wildman–Crippen LogP) is 12.7. The first kappa shape index (κ1) is 60.4. The zero-order valence-electron chi connectivity index (χ0n) is 48.3. The van der Waals surface area contributed by atoms with Gasteiger partial charge in [0.2, 0.25) is 0 Å². The molecule has 0 aliphatic carbocycles. The Bertz CT molecular complexity index is 4500. The van der Waals surface area contributed by atoms with E-state index in [1.807, 2.05) is 108 Å². The van der Waals surface area contributed by atoms with E-state index in [0.29, 0.717) is 88.3 Å². The van der Waals surface area contributed by atoms with Crippen LogP contribution in [0.3, 0.4) is 0 Å². The van der Waals surface area contributed by atoms with E-state index in [2.05, 4.69) is 40.6 Å². The molecule has 0 bridgehead atoms. The number of pyridine rings is 2. The Kier molecular flexibility index (Phi) is 17.7. The number of aryl methyl sites for hydroxylation is 6. The van der Waals surface area contributed by atoms with Gasteiger partial charge in [-0.05, 0) is 122 Å². The number of rotatable bonds is 10. The number of H-pyrrole nitrogens is 2. The number of nitrogens with two attached hydrogens (primary N) is 1. The van der Waals surface area contributed by atoms with Gasteiger partial charge in [-0.3, -0.25) is 19.6 Å². The average Bonchev–Trinajstić information content (AvgIpc) is 1.70. The van der Waals surface area contributed by atoms with Crippen LogP contribution in [0, 0.1) is 41.5 Å². The van der Waals surface area contributed by atoms with Gasteiger partial charge < -0.3 is 53.7 Å². The lowest BCUT2D eigenvalue weighted by Gasteiger charge is -2.23. The first-order valence-electron chi connectivity index (χ1n) is 28.0. The van der Waals surface area contributed by atoms with Crippen molar-refractivity contribution in [2.24, 2.45) is 5.73 Å². The predicted molar refractivity (Wildman–Crippen MR) is 336 cm³/mol. The molecule has 0 saturated carbocycles. The van der Waals surface area contributed by atoms with Crippen LogP contribution in [-0.2, 0) is 14.3 Å². The van der Waals surface area contributed by atoms with Crippen molar-refractivity contribution < 1.29 is 42.3 Å². The van der Waals surface area contributed by atoms with E-state index < -0.39 is 0 Å². The highest BCUT2D eigenvalue weighted by Gasteiger charge is 2.26. The lowest BCUT2D eigenvalue weighted by molar-refractivity contribution is -0.120. The third-order valence-electron chi connectivity index (χ3n) is 15.6. The monoisotopic (exact) mass is 1170 g/mol. The quantitative estimate of drug-likeness (QED) is 0.0926. The summed E-state index contributed by atoms with van der Waals surface area (Å²) in [7, 11) is 3.30. The second-order valence-corrected chi connectivity index (χ2v) is 21.1. The molecule has 5 N–H and O–H groups in total. The molecule has 448 valence electrons. The van der Waals surface area contributed by atoms with Gasteiger partial charge in [-0.25, -0.2) is 19.9 Å². The number of hydrogen-bond donors (Lipinski definition) is 4. The zero-order valence-corrected chi connectivity index (χ0v) is 48.3. The number of carbonyl (C=O) groups is 2. The highest BCUT2D eigenvalue weighted by Crippen LogP contribution is 2.45. The number of amides is 1. The van der Waals surface area contributed by atoms with Crippen LogP contribution in [0.2, 0.25) is 0 Å². The minimum absolute atomic E-state index is 0. The van der Waals surface area contributed by atoms with Crippen LogP contribution in [0.25, 0.3) is 110 Å². The number of hydrogen-bond acceptors (Lipinski definition) is 18. The van der Waals surface area contributed by atoms with Crippen molar-refractivity contribution in [2.45, 2.75) is 94.2 Å². The van der Waals surface area contributed by atoms with Gasteiger partial charge in [-0.2, -0.15) is 0 Å². The summed E-state index contributed by atoms with van der Waals surface area (Å²) in [5.41, 5.74) is 18.8. The number of fused-ring (bicyclic) bond motifs is 8. The summed E-state index contributed by atoms with van der Waals surface area (Å²) in [6.45, 7) is 14.8. The number of nitrogens with one attached hydrogen (secondary N) is 3. The SMILES string of the molecule is C.C.COc1cc2c(cc1-c1c(C)noc1C)[nH]c1nc(C)nc(-c3ccc(C(=O)NC4CCOCC4)c4ncccc34)c12.COc1cc2c(cc1-c1c(C)noc1C)[nH]c1nc(C)nc(-c3ccc(OC=O)c4ncccc34)c12.NC1CCOCC1. The van der Waals surface area contributed by atoms with Crippen LogP contribution in [0.15, 0.2) is 94.2 Å². The molecule has 2 aliphatic rings. The maximum Gasteiger partial charge on any atom is 0.298 e. The molecule has 8 aromatic heterocycles. The number of aromatic amines is 2. The molecule has 21 nitrogen and oxygen atoms in total. The van der Waals surface area contributed by atoms with Gasteiger partial charge in [0.15, 0.2) is 5.75 Å². The van der Waals surface area contributed by atoms with Crippen LogP contribution >= 0.6 is 0 Å². The molecule has 0 atom stereocenters. The van der Waals surface area contributed by atoms with Gasteiger partial charge >= 0.3 is 0 Å². The minimum atomic E-state index is -0.134. The van der Waals surface area contributed by atoms with E-state index in [9.17, 15) is 9.59 Å². The summed E-state index contributed by atoms with van der Waals surface area (Å²) in [6.07, 6.45) is 7.06. The number of benzene rings is 4. The molecule has 0 spiro atoms. The van der Waals surface area contributed by atoms with Gasteiger partial charge in [0.05, 0.1) is 70.0 Å². The fourth-order valence-electron chi connectivity index (χ4n) is 11.6. The number of ether oxygens (including phenoxy) is 5. The van der Waals surface area contributed by atoms with Gasteiger partial charge in [0.25, 0.3) is 12.4 Å². The van der Waals surface area contributed by atoms with Gasteiger partial charge in [0.1, 0.15) is 51.5 Å². The maximum absolute atomic E-state index is 13.4. The molecular formula is C66H70N12O9. The van der Waals surface area contributed by atoms with Gasteiger partial charge in [0, 0.05) is 106 Å². The fourth-order valence-corrected chi connectivity index (χ4v) is 11.6. The van der Waals surface area contributed by atoms with E-state index in [4.69, 9.17) is 53.4 Å². The van der Waals surface area contributed by atoms with Crippen LogP contribution in [0.5, 0.6) is 17.2 Å². The summed E-state index contributed by atoms with van der Waals surface area (Å²) >= 11 is 0. The van der Waals surface area contributed by atoms with Crippen LogP contribution in [-0.4, -0.2) is 115 Å². The normalized spacial score (nSPS) is 13.6. The van der Waals surface area contributed by atoms with Crippen molar-refractivity contribution in [3.8, 4) is 62.0 Å². The summed E-state index contributed by atoms with van der Waals surface area (Å²) in [5.74, 6) is 4.31. The Morgan fingerprint density at radius 1 is 0.598 bits per heavy atom. The van der Waals surface area contributed by atoms with E-state index in [1.165, 1.54) is 0 Å². The summed E-state index contributed by atoms with van der Waals surface area (Å²) in [6, 6.07) is 23.6. The fraction of sp³-hybridized carbons (Fsp3) is 0.303. The van der Waals surface area contributed by atoms with E-state index in [-0.39, 0.29) is 26.8 Å². The summed E-state index contributed by atoms with van der Waals surface area (Å²) < 4.78 is 38.2. The third-order valence-corrected chi connectivity index (χ3v) is 15.6. The largest absolute Gasteiger partial charge is 0.496 e. The van der Waals surface area contributed by atoms with E-state index in [1.54, 1.807) is 32.7 Å². The smallest absolute Gasteiger partial charge is 0.298 e. The molecule has 21 heteroatoms. The van der Waals surface area contributed by atoms with Crippen molar-refractivity contribution in [2.75, 3.05) is 40.6 Å². The minimum Gasteiger partial charge on any atom is -0.496 e. The molecule has 2 fully saturated rings. The Balaban J connectivity index is 0.000000171. The number of methoxy groups -OCH3 is 2. The Hall–Kier alpha value is -9.70. The van der Waals surface area contributed by atoms with Crippen LogP contribution in [0.4, 0.5) is 0 Å². The molecule has 4 aromatic carbocycles.